The van der Waals surface area contributed by atoms with Crippen LogP contribution in [0.1, 0.15) is 27.0 Å². The van der Waals surface area contributed by atoms with Crippen molar-refractivity contribution in [3.63, 3.8) is 0 Å². The van der Waals surface area contributed by atoms with Crippen LogP contribution in [-0.2, 0) is 17.9 Å². The summed E-state index contributed by atoms with van der Waals surface area (Å²) in [6, 6.07) is 14.7. The number of ketones is 1. The first-order valence-electron chi connectivity index (χ1n) is 7.92. The molecule has 6 heteroatoms. The molecule has 0 unspecified atom stereocenters. The van der Waals surface area contributed by atoms with Gasteiger partial charge in [0.15, 0.2) is 0 Å². The Morgan fingerprint density at radius 3 is 2.44 bits per heavy atom. The monoisotopic (exact) mass is 334 g/mol. The number of hydrogen-bond acceptors (Lipinski definition) is 4. The van der Waals surface area contributed by atoms with Crippen molar-refractivity contribution in [2.45, 2.75) is 20.0 Å². The van der Waals surface area contributed by atoms with Gasteiger partial charge in [-0.3, -0.25) is 9.59 Å². The van der Waals surface area contributed by atoms with Gasteiger partial charge in [0.2, 0.25) is 5.78 Å². The van der Waals surface area contributed by atoms with Gasteiger partial charge >= 0.3 is 0 Å². The van der Waals surface area contributed by atoms with E-state index in [1.807, 2.05) is 43.3 Å². The molecule has 25 heavy (non-hydrogen) atoms. The second-order valence-electron chi connectivity index (χ2n) is 5.74. The first-order chi connectivity index (χ1) is 12.1. The Kier molecular flexibility index (Phi) is 4.99. The Hall–Kier alpha value is -3.28. The summed E-state index contributed by atoms with van der Waals surface area (Å²) in [6.07, 6.45) is 3.11. The van der Waals surface area contributed by atoms with E-state index in [0.717, 1.165) is 16.7 Å². The molecule has 0 aliphatic heterocycles. The van der Waals surface area contributed by atoms with E-state index in [0.29, 0.717) is 12.1 Å². The Balaban J connectivity index is 1.66. The Morgan fingerprint density at radius 2 is 1.76 bits per heavy atom. The molecule has 0 atom stereocenters. The van der Waals surface area contributed by atoms with Crippen molar-refractivity contribution < 1.29 is 9.59 Å². The lowest BCUT2D eigenvalue weighted by Crippen LogP contribution is -2.31. The topological polar surface area (TPSA) is 76.9 Å². The molecular formula is C19H18N4O2. The molecule has 3 rings (SSSR count). The average Bonchev–Trinajstić information content (AvgIpc) is 3.14. The number of hydrogen-bond donors (Lipinski definition) is 1. The van der Waals surface area contributed by atoms with E-state index in [4.69, 9.17) is 0 Å². The van der Waals surface area contributed by atoms with Crippen LogP contribution in [-0.4, -0.2) is 26.5 Å². The second-order valence-corrected chi connectivity index (χ2v) is 5.74. The zero-order chi connectivity index (χ0) is 17.6. The average molecular weight is 334 g/mol. The van der Waals surface area contributed by atoms with Gasteiger partial charge in [0, 0.05) is 12.1 Å². The molecule has 0 radical (unpaired) electrons. The zero-order valence-corrected chi connectivity index (χ0v) is 13.8. The molecule has 1 heterocycles. The lowest BCUT2D eigenvalue weighted by atomic mass is 10.1. The molecule has 1 aromatic heterocycles. The van der Waals surface area contributed by atoms with Crippen molar-refractivity contribution in [2.75, 3.05) is 0 Å². The minimum atomic E-state index is -0.612. The molecule has 0 aliphatic carbocycles. The normalized spacial score (nSPS) is 10.4. The number of Topliss-reactive ketones (excluding diaryl/α,β-unsaturated/α-hetero) is 1. The lowest BCUT2D eigenvalue weighted by Gasteiger charge is -2.10. The summed E-state index contributed by atoms with van der Waals surface area (Å²) in [5.41, 5.74) is 3.37. The molecule has 0 fully saturated rings. The van der Waals surface area contributed by atoms with Gasteiger partial charge in [0.1, 0.15) is 12.7 Å². The first kappa shape index (κ1) is 16.6. The van der Waals surface area contributed by atoms with Crippen LogP contribution in [0.3, 0.4) is 0 Å². The van der Waals surface area contributed by atoms with E-state index >= 15 is 0 Å². The van der Waals surface area contributed by atoms with E-state index in [9.17, 15) is 9.59 Å². The third-order valence-corrected chi connectivity index (χ3v) is 3.88. The van der Waals surface area contributed by atoms with Gasteiger partial charge < -0.3 is 5.32 Å². The lowest BCUT2D eigenvalue weighted by molar-refractivity contribution is -0.117. The molecule has 0 bridgehead atoms. The first-order valence-corrected chi connectivity index (χ1v) is 7.92. The van der Waals surface area contributed by atoms with Crippen molar-refractivity contribution in [3.8, 4) is 0 Å². The minimum absolute atomic E-state index is 0.279. The van der Waals surface area contributed by atoms with Crippen LogP contribution in [0.5, 0.6) is 0 Å². The maximum Gasteiger partial charge on any atom is 0.292 e. The van der Waals surface area contributed by atoms with Crippen molar-refractivity contribution in [1.29, 1.82) is 0 Å². The quantitative estimate of drug-likeness (QED) is 0.553. The number of nitrogens with zero attached hydrogens (tertiary/aromatic N) is 3. The number of benzene rings is 2. The molecule has 0 saturated heterocycles. The molecule has 126 valence electrons. The summed E-state index contributed by atoms with van der Waals surface area (Å²) in [6.45, 7) is 2.76. The fraction of sp³-hybridized carbons (Fsp3) is 0.158. The molecule has 0 aliphatic rings. The van der Waals surface area contributed by atoms with E-state index < -0.39 is 11.7 Å². The molecule has 0 spiro atoms. The van der Waals surface area contributed by atoms with Gasteiger partial charge in [-0.1, -0.05) is 54.1 Å². The smallest absolute Gasteiger partial charge is 0.292 e. The van der Waals surface area contributed by atoms with E-state index in [2.05, 4.69) is 15.4 Å². The van der Waals surface area contributed by atoms with Gasteiger partial charge in [0.05, 0.1) is 6.54 Å². The fourth-order valence-electron chi connectivity index (χ4n) is 2.46. The molecular weight excluding hydrogens is 316 g/mol. The SMILES string of the molecule is Cc1ccc(C(=O)C(=O)NCc2ccccc2Cn2cncn2)cc1. The summed E-state index contributed by atoms with van der Waals surface area (Å²) in [5.74, 6) is -1.15. The molecule has 6 nitrogen and oxygen atoms in total. The third kappa shape index (κ3) is 4.17. The number of carbonyl (C=O) groups is 2. The third-order valence-electron chi connectivity index (χ3n) is 3.88. The number of aromatic nitrogens is 3. The highest BCUT2D eigenvalue weighted by molar-refractivity contribution is 6.42. The van der Waals surface area contributed by atoms with Gasteiger partial charge in [0.25, 0.3) is 5.91 Å². The number of carbonyl (C=O) groups excluding carboxylic acids is 2. The van der Waals surface area contributed by atoms with Crippen LogP contribution in [0.15, 0.2) is 61.2 Å². The van der Waals surface area contributed by atoms with Crippen molar-refractivity contribution >= 4 is 11.7 Å². The Morgan fingerprint density at radius 1 is 1.04 bits per heavy atom. The summed E-state index contributed by atoms with van der Waals surface area (Å²) < 4.78 is 1.71. The Bertz CT molecular complexity index is 871. The number of aryl methyl sites for hydroxylation is 1. The standard InChI is InChI=1S/C19H18N4O2/c1-14-6-8-15(9-7-14)18(24)19(25)21-10-16-4-2-3-5-17(16)11-23-13-20-12-22-23/h2-9,12-13H,10-11H2,1H3,(H,21,25). The van der Waals surface area contributed by atoms with E-state index in [-0.39, 0.29) is 6.54 Å². The molecule has 3 aromatic rings. The van der Waals surface area contributed by atoms with E-state index in [1.165, 1.54) is 6.33 Å². The summed E-state index contributed by atoms with van der Waals surface area (Å²) in [7, 11) is 0. The number of amides is 1. The van der Waals surface area contributed by atoms with Crippen LogP contribution >= 0.6 is 0 Å². The van der Waals surface area contributed by atoms with Crippen molar-refractivity contribution in [2.24, 2.45) is 0 Å². The predicted molar refractivity (Wildman–Crippen MR) is 92.9 cm³/mol. The van der Waals surface area contributed by atoms with Gasteiger partial charge in [-0.2, -0.15) is 5.10 Å². The minimum Gasteiger partial charge on any atom is -0.345 e. The fourth-order valence-corrected chi connectivity index (χ4v) is 2.46. The maximum absolute atomic E-state index is 12.2. The summed E-state index contributed by atoms with van der Waals surface area (Å²) in [5, 5.41) is 6.78. The molecule has 1 amide bonds. The number of rotatable bonds is 6. The predicted octanol–water partition coefficient (Wildman–Crippen LogP) is 2.13. The van der Waals surface area contributed by atoms with Crippen LogP contribution in [0.2, 0.25) is 0 Å². The van der Waals surface area contributed by atoms with Gasteiger partial charge in [-0.25, -0.2) is 9.67 Å². The molecule has 2 aromatic carbocycles. The Labute approximate surface area is 145 Å². The molecule has 1 N–H and O–H groups in total. The maximum atomic E-state index is 12.2. The van der Waals surface area contributed by atoms with Crippen LogP contribution in [0, 0.1) is 6.92 Å². The summed E-state index contributed by atoms with van der Waals surface area (Å²) >= 11 is 0. The van der Waals surface area contributed by atoms with Crippen LogP contribution < -0.4 is 5.32 Å². The summed E-state index contributed by atoms with van der Waals surface area (Å²) in [4.78, 5) is 28.2. The van der Waals surface area contributed by atoms with E-state index in [1.54, 1.807) is 23.1 Å². The highest BCUT2D eigenvalue weighted by Crippen LogP contribution is 2.10. The highest BCUT2D eigenvalue weighted by Gasteiger charge is 2.16. The van der Waals surface area contributed by atoms with Gasteiger partial charge in [-0.05, 0) is 18.1 Å². The van der Waals surface area contributed by atoms with Crippen LogP contribution in [0.25, 0.3) is 0 Å². The van der Waals surface area contributed by atoms with Crippen LogP contribution in [0.4, 0.5) is 0 Å². The largest absolute Gasteiger partial charge is 0.345 e. The highest BCUT2D eigenvalue weighted by atomic mass is 16.2. The van der Waals surface area contributed by atoms with Crippen molar-refractivity contribution in [3.05, 3.63) is 83.4 Å². The zero-order valence-electron chi connectivity index (χ0n) is 13.8. The number of nitrogens with one attached hydrogen (secondary N) is 1. The van der Waals surface area contributed by atoms with Crippen molar-refractivity contribution in [1.82, 2.24) is 20.1 Å². The molecule has 0 saturated carbocycles. The van der Waals surface area contributed by atoms with Gasteiger partial charge in [-0.15, -0.1) is 0 Å². The second kappa shape index (κ2) is 7.53.